The van der Waals surface area contributed by atoms with E-state index in [4.69, 9.17) is 13.0 Å². The molecule has 0 radical (unpaired) electrons. The molecule has 4 heteroatoms. The van der Waals surface area contributed by atoms with Crippen molar-refractivity contribution in [1.29, 1.82) is 3.56 Å². The first kappa shape index (κ1) is 6.57. The Balaban J connectivity index is 2.52. The van der Waals surface area contributed by atoms with E-state index in [2.05, 4.69) is 0 Å². The highest BCUT2D eigenvalue weighted by Gasteiger charge is 2.28. The molecule has 1 rings (SSSR count). The Labute approximate surface area is 58.3 Å². The van der Waals surface area contributed by atoms with Gasteiger partial charge in [-0.1, -0.05) is 0 Å². The van der Waals surface area contributed by atoms with Crippen molar-refractivity contribution in [3.63, 3.8) is 0 Å². The number of rotatable bonds is 1. The zero-order valence-electron chi connectivity index (χ0n) is 4.61. The Morgan fingerprint density at radius 2 is 2.00 bits per heavy atom. The summed E-state index contributed by atoms with van der Waals surface area (Å²) in [4.78, 5) is 0. The summed E-state index contributed by atoms with van der Waals surface area (Å²) in [6, 6.07) is 0. The number of hydrogen-bond donors (Lipinski definition) is 1. The van der Waals surface area contributed by atoms with Crippen molar-refractivity contribution in [3.05, 3.63) is 0 Å². The molecule has 0 spiro atoms. The van der Waals surface area contributed by atoms with Gasteiger partial charge in [0, 0.05) is 6.92 Å². The number of alkyl halides is 1. The summed E-state index contributed by atoms with van der Waals surface area (Å²) in [5.41, 5.74) is 0. The fraction of sp³-hybridized carbons (Fsp3) is 1.00. The molecule has 0 unspecified atom stereocenters. The van der Waals surface area contributed by atoms with Crippen LogP contribution in [0.3, 0.4) is 0 Å². The molecule has 0 atom stereocenters. The summed E-state index contributed by atoms with van der Waals surface area (Å²) in [5.74, 6) is 0. The number of hydrogen-bond acceptors (Lipinski definition) is 3. The van der Waals surface area contributed by atoms with Gasteiger partial charge >= 0.3 is 0 Å². The van der Waals surface area contributed by atoms with Gasteiger partial charge in [0.05, 0.1) is 34.2 Å². The molecule has 1 fully saturated rings. The summed E-state index contributed by atoms with van der Waals surface area (Å²) in [6.07, 6.45) is 0. The van der Waals surface area contributed by atoms with Crippen LogP contribution in [-0.4, -0.2) is 17.0 Å². The second kappa shape index (κ2) is 2.36. The average molecular weight is 229 g/mol. The van der Waals surface area contributed by atoms with Crippen LogP contribution in [0.2, 0.25) is 0 Å². The molecule has 0 aromatic carbocycles. The van der Waals surface area contributed by atoms with Gasteiger partial charge in [-0.05, 0) is 0 Å². The van der Waals surface area contributed by atoms with Crippen molar-refractivity contribution in [2.75, 3.05) is 13.2 Å². The third-order valence-corrected chi connectivity index (χ3v) is 2.58. The van der Waals surface area contributed by atoms with E-state index in [0.717, 1.165) is 0 Å². The van der Waals surface area contributed by atoms with E-state index in [9.17, 15) is 0 Å². The van der Waals surface area contributed by atoms with Crippen LogP contribution in [0.15, 0.2) is 0 Å². The topological polar surface area (TPSA) is 42.3 Å². The van der Waals surface area contributed by atoms with Crippen LogP contribution in [0, 0.1) is 3.56 Å². The fourth-order valence-corrected chi connectivity index (χ4v) is 1.30. The fourth-order valence-electron chi connectivity index (χ4n) is 0.544. The van der Waals surface area contributed by atoms with Gasteiger partial charge in [-0.2, -0.15) is 0 Å². The zero-order valence-corrected chi connectivity index (χ0v) is 6.77. The smallest absolute Gasteiger partial charge is 0.230 e. The van der Waals surface area contributed by atoms with Crippen LogP contribution in [0.5, 0.6) is 0 Å². The monoisotopic (exact) mass is 229 g/mol. The van der Waals surface area contributed by atoms with Crippen LogP contribution in [0.1, 0.15) is 6.92 Å². The van der Waals surface area contributed by atoms with E-state index in [-0.39, 0.29) is 0 Å². The van der Waals surface area contributed by atoms with Crippen molar-refractivity contribution >= 4 is 21.0 Å². The maximum atomic E-state index is 7.06. The van der Waals surface area contributed by atoms with E-state index < -0.39 is 24.8 Å². The maximum absolute atomic E-state index is 7.06. The van der Waals surface area contributed by atoms with Crippen molar-refractivity contribution in [2.45, 2.75) is 10.7 Å². The van der Waals surface area contributed by atoms with Gasteiger partial charge in [0.25, 0.3) is 0 Å². The van der Waals surface area contributed by atoms with Crippen molar-refractivity contribution < 1.29 is 9.47 Å². The molecular weight excluding hydrogens is 221 g/mol. The Morgan fingerprint density at radius 1 is 1.50 bits per heavy atom. The van der Waals surface area contributed by atoms with Gasteiger partial charge in [-0.25, -0.2) is 0 Å². The lowest BCUT2D eigenvalue weighted by atomic mass is 10.8. The Morgan fingerprint density at radius 3 is 2.25 bits per heavy atom. The van der Waals surface area contributed by atoms with Crippen LogP contribution in [0.25, 0.3) is 0 Å². The molecule has 0 aliphatic carbocycles. The van der Waals surface area contributed by atoms with E-state index in [1.54, 1.807) is 0 Å². The SMILES string of the molecule is CC1(I=N)OCCO1. The predicted octanol–water partition coefficient (Wildman–Crippen LogP) is 1.44. The van der Waals surface area contributed by atoms with E-state index >= 15 is 0 Å². The van der Waals surface area contributed by atoms with Gasteiger partial charge in [0.1, 0.15) is 0 Å². The molecule has 1 aliphatic heterocycles. The molecule has 0 bridgehead atoms. The Hall–Kier alpha value is 0.450. The molecule has 1 aliphatic rings. The second-order valence-corrected chi connectivity index (χ2v) is 4.13. The lowest BCUT2D eigenvalue weighted by molar-refractivity contribution is -0.0431. The molecular formula is C4H8INO2. The van der Waals surface area contributed by atoms with Crippen LogP contribution in [-0.2, 0) is 9.47 Å². The minimum atomic E-state index is -0.674. The summed E-state index contributed by atoms with van der Waals surface area (Å²) in [5, 5.41) is 0. The highest BCUT2D eigenvalue weighted by molar-refractivity contribution is 14.1. The molecule has 0 aromatic heterocycles. The lowest BCUT2D eigenvalue weighted by Crippen LogP contribution is -2.15. The van der Waals surface area contributed by atoms with Gasteiger partial charge in [-0.15, -0.1) is 0 Å². The minimum Gasteiger partial charge on any atom is -0.339 e. The molecule has 0 amide bonds. The van der Waals surface area contributed by atoms with Gasteiger partial charge in [0.15, 0.2) is 0 Å². The maximum Gasteiger partial charge on any atom is 0.230 e. The zero-order chi connectivity index (χ0) is 6.04. The third-order valence-electron chi connectivity index (χ3n) is 0.975. The molecule has 1 N–H and O–H groups in total. The molecule has 3 nitrogen and oxygen atoms in total. The molecule has 1 heterocycles. The van der Waals surface area contributed by atoms with Crippen LogP contribution in [0.4, 0.5) is 0 Å². The summed E-state index contributed by atoms with van der Waals surface area (Å²) < 4.78 is 16.8. The predicted molar refractivity (Wildman–Crippen MR) is 37.0 cm³/mol. The van der Waals surface area contributed by atoms with Crippen LogP contribution < -0.4 is 0 Å². The lowest BCUT2D eigenvalue weighted by Gasteiger charge is -2.12. The third kappa shape index (κ3) is 1.24. The van der Waals surface area contributed by atoms with Crippen molar-refractivity contribution in [2.24, 2.45) is 0 Å². The molecule has 0 aromatic rings. The number of halogens is 1. The second-order valence-electron chi connectivity index (χ2n) is 1.63. The van der Waals surface area contributed by atoms with Gasteiger partial charge in [0.2, 0.25) is 3.79 Å². The van der Waals surface area contributed by atoms with E-state index in [1.165, 1.54) is 0 Å². The minimum absolute atomic E-state index is 0.487. The summed E-state index contributed by atoms with van der Waals surface area (Å²) in [6.45, 7) is 3.16. The average Bonchev–Trinajstić information content (AvgIpc) is 2.17. The summed E-state index contributed by atoms with van der Waals surface area (Å²) in [7, 11) is 0. The first-order chi connectivity index (χ1) is 3.77. The van der Waals surface area contributed by atoms with Crippen molar-refractivity contribution in [3.8, 4) is 0 Å². The Kier molecular flexibility index (Phi) is 1.94. The van der Waals surface area contributed by atoms with Gasteiger partial charge < -0.3 is 9.47 Å². The number of nitrogens with one attached hydrogen (secondary N) is 1. The van der Waals surface area contributed by atoms with Gasteiger partial charge in [-0.3, -0.25) is 3.56 Å². The Bertz CT molecular complexity index is 100. The molecule has 1 saturated heterocycles. The summed E-state index contributed by atoms with van der Waals surface area (Å²) >= 11 is -0.674. The van der Waals surface area contributed by atoms with E-state index in [0.29, 0.717) is 13.2 Å². The van der Waals surface area contributed by atoms with Crippen LogP contribution >= 0.6 is 21.0 Å². The van der Waals surface area contributed by atoms with Crippen molar-refractivity contribution in [1.82, 2.24) is 0 Å². The largest absolute Gasteiger partial charge is 0.339 e. The first-order valence-corrected chi connectivity index (χ1v) is 4.52. The number of ether oxygens (including phenoxy) is 2. The standard InChI is InChI=1S/C4H8INO2/c1-4(5-6)7-2-3-8-4/h6H,2-3H2,1H3. The molecule has 8 heavy (non-hydrogen) atoms. The molecule has 48 valence electrons. The first-order valence-electron chi connectivity index (χ1n) is 2.36. The highest BCUT2D eigenvalue weighted by atomic mass is 127. The quantitative estimate of drug-likeness (QED) is 0.546. The van der Waals surface area contributed by atoms with E-state index in [1.807, 2.05) is 6.92 Å². The highest BCUT2D eigenvalue weighted by Crippen LogP contribution is 2.30. The normalized spacial score (nSPS) is 26.1. The molecule has 0 saturated carbocycles.